The van der Waals surface area contributed by atoms with Gasteiger partial charge in [0.15, 0.2) is 0 Å². The molecule has 1 saturated carbocycles. The molecule has 1 unspecified atom stereocenters. The largest absolute Gasteiger partial charge is 0.392 e. The molecular weight excluding hydrogens is 212 g/mol. The lowest BCUT2D eigenvalue weighted by Gasteiger charge is -2.37. The van der Waals surface area contributed by atoms with Gasteiger partial charge in [-0.1, -0.05) is 25.7 Å². The molecule has 1 atom stereocenters. The summed E-state index contributed by atoms with van der Waals surface area (Å²) in [6, 6.07) is 0. The Kier molecular flexibility index (Phi) is 6.45. The zero-order chi connectivity index (χ0) is 12.7. The van der Waals surface area contributed by atoms with E-state index < -0.39 is 0 Å². The Balaban J connectivity index is 2.55. The Morgan fingerprint density at radius 2 is 1.82 bits per heavy atom. The van der Waals surface area contributed by atoms with Crippen LogP contribution in [0.15, 0.2) is 0 Å². The number of nitrogens with zero attached hydrogens (tertiary/aromatic N) is 1. The Bertz CT molecular complexity index is 198. The fourth-order valence-electron chi connectivity index (χ4n) is 3.33. The van der Waals surface area contributed by atoms with Gasteiger partial charge in [-0.2, -0.15) is 0 Å². The summed E-state index contributed by atoms with van der Waals surface area (Å²) in [4.78, 5) is 2.30. The van der Waals surface area contributed by atoms with Gasteiger partial charge >= 0.3 is 0 Å². The second-order valence-electron chi connectivity index (χ2n) is 5.99. The highest BCUT2D eigenvalue weighted by Gasteiger charge is 2.31. The number of aliphatic hydroxyl groups excluding tert-OH is 1. The maximum Gasteiger partial charge on any atom is 0.0638 e. The van der Waals surface area contributed by atoms with Gasteiger partial charge in [0, 0.05) is 19.6 Å². The van der Waals surface area contributed by atoms with Gasteiger partial charge in [0.2, 0.25) is 0 Å². The first-order valence-electron chi connectivity index (χ1n) is 7.09. The molecule has 0 aromatic heterocycles. The first-order valence-corrected chi connectivity index (χ1v) is 7.09. The van der Waals surface area contributed by atoms with E-state index in [2.05, 4.69) is 24.3 Å². The highest BCUT2D eigenvalue weighted by atomic mass is 16.3. The van der Waals surface area contributed by atoms with E-state index in [1.54, 1.807) is 0 Å². The van der Waals surface area contributed by atoms with Crippen molar-refractivity contribution in [3.8, 4) is 0 Å². The van der Waals surface area contributed by atoms with E-state index in [0.29, 0.717) is 5.41 Å². The molecule has 2 N–H and O–H groups in total. The van der Waals surface area contributed by atoms with Gasteiger partial charge in [0.25, 0.3) is 0 Å². The maximum atomic E-state index is 9.46. The number of nitrogens with one attached hydrogen (secondary N) is 1. The molecule has 1 rings (SSSR count). The van der Waals surface area contributed by atoms with Crippen LogP contribution in [-0.2, 0) is 0 Å². The third-order valence-electron chi connectivity index (χ3n) is 3.90. The van der Waals surface area contributed by atoms with Crippen LogP contribution < -0.4 is 5.32 Å². The SMILES string of the molecule is CNCC1(CN(C)CC(C)O)CCCCCC1. The Morgan fingerprint density at radius 3 is 2.29 bits per heavy atom. The minimum absolute atomic E-state index is 0.225. The van der Waals surface area contributed by atoms with Crippen molar-refractivity contribution in [2.24, 2.45) is 5.41 Å². The molecule has 0 spiro atoms. The van der Waals surface area contributed by atoms with E-state index in [1.165, 1.54) is 38.5 Å². The maximum absolute atomic E-state index is 9.46. The summed E-state index contributed by atoms with van der Waals surface area (Å²) in [5.41, 5.74) is 0.425. The molecule has 1 aliphatic rings. The minimum Gasteiger partial charge on any atom is -0.392 e. The third-order valence-corrected chi connectivity index (χ3v) is 3.90. The summed E-state index contributed by atoms with van der Waals surface area (Å²) in [6.07, 6.45) is 7.96. The topological polar surface area (TPSA) is 35.5 Å². The van der Waals surface area contributed by atoms with Crippen LogP contribution in [0.25, 0.3) is 0 Å². The molecule has 0 aliphatic heterocycles. The van der Waals surface area contributed by atoms with Crippen molar-refractivity contribution in [3.63, 3.8) is 0 Å². The number of aliphatic hydroxyl groups is 1. The molecule has 0 aromatic carbocycles. The van der Waals surface area contributed by atoms with Crippen molar-refractivity contribution < 1.29 is 5.11 Å². The Labute approximate surface area is 107 Å². The predicted molar refractivity (Wildman–Crippen MR) is 73.2 cm³/mol. The summed E-state index contributed by atoms with van der Waals surface area (Å²) in [5.74, 6) is 0. The molecule has 1 fully saturated rings. The van der Waals surface area contributed by atoms with Crippen molar-refractivity contribution in [3.05, 3.63) is 0 Å². The first-order chi connectivity index (χ1) is 8.08. The zero-order valence-corrected chi connectivity index (χ0v) is 11.8. The summed E-state index contributed by atoms with van der Waals surface area (Å²) in [6.45, 7) is 4.87. The van der Waals surface area contributed by atoms with Crippen molar-refractivity contribution in [1.29, 1.82) is 0 Å². The van der Waals surface area contributed by atoms with Crippen LogP contribution in [0.4, 0.5) is 0 Å². The molecule has 17 heavy (non-hydrogen) atoms. The van der Waals surface area contributed by atoms with Gasteiger partial charge in [-0.3, -0.25) is 0 Å². The van der Waals surface area contributed by atoms with Gasteiger partial charge < -0.3 is 15.3 Å². The number of likely N-dealkylation sites (N-methyl/N-ethyl adjacent to an activating group) is 1. The lowest BCUT2D eigenvalue weighted by atomic mass is 9.79. The average Bonchev–Trinajstić information content (AvgIpc) is 2.43. The van der Waals surface area contributed by atoms with Crippen molar-refractivity contribution in [1.82, 2.24) is 10.2 Å². The summed E-state index contributed by atoms with van der Waals surface area (Å²) in [7, 11) is 4.19. The van der Waals surface area contributed by atoms with E-state index in [-0.39, 0.29) is 6.10 Å². The monoisotopic (exact) mass is 242 g/mol. The number of hydrogen-bond donors (Lipinski definition) is 2. The molecule has 0 heterocycles. The van der Waals surface area contributed by atoms with E-state index >= 15 is 0 Å². The molecule has 3 nitrogen and oxygen atoms in total. The highest BCUT2D eigenvalue weighted by Crippen LogP contribution is 2.35. The van der Waals surface area contributed by atoms with Crippen LogP contribution in [0.1, 0.15) is 45.4 Å². The standard InChI is InChI=1S/C14H30N2O/c1-13(17)10-16(3)12-14(11-15-2)8-6-4-5-7-9-14/h13,15,17H,4-12H2,1-3H3. The normalized spacial score (nSPS) is 22.4. The van der Waals surface area contributed by atoms with Crippen LogP contribution in [0.2, 0.25) is 0 Å². The fraction of sp³-hybridized carbons (Fsp3) is 1.00. The summed E-state index contributed by atoms with van der Waals surface area (Å²) in [5, 5.41) is 12.8. The molecule has 102 valence electrons. The highest BCUT2D eigenvalue weighted by molar-refractivity contribution is 4.86. The number of rotatable bonds is 6. The fourth-order valence-corrected chi connectivity index (χ4v) is 3.33. The van der Waals surface area contributed by atoms with Crippen LogP contribution >= 0.6 is 0 Å². The lowest BCUT2D eigenvalue weighted by Crippen LogP contribution is -2.43. The van der Waals surface area contributed by atoms with Crippen molar-refractivity contribution >= 4 is 0 Å². The summed E-state index contributed by atoms with van der Waals surface area (Å²) >= 11 is 0. The lowest BCUT2D eigenvalue weighted by molar-refractivity contribution is 0.0959. The summed E-state index contributed by atoms with van der Waals surface area (Å²) < 4.78 is 0. The third kappa shape index (κ3) is 5.36. The second kappa shape index (κ2) is 7.34. The van der Waals surface area contributed by atoms with Gasteiger partial charge in [0.05, 0.1) is 6.10 Å². The van der Waals surface area contributed by atoms with Crippen LogP contribution in [-0.4, -0.2) is 49.8 Å². The van der Waals surface area contributed by atoms with Crippen LogP contribution in [0.5, 0.6) is 0 Å². The molecule has 1 aliphatic carbocycles. The quantitative estimate of drug-likeness (QED) is 0.698. The molecular formula is C14H30N2O. The van der Waals surface area contributed by atoms with E-state index in [9.17, 15) is 5.11 Å². The molecule has 0 bridgehead atoms. The van der Waals surface area contributed by atoms with E-state index in [1.807, 2.05) is 6.92 Å². The average molecular weight is 242 g/mol. The molecule has 3 heteroatoms. The van der Waals surface area contributed by atoms with Gasteiger partial charge in [0.1, 0.15) is 0 Å². The molecule has 0 aromatic rings. The van der Waals surface area contributed by atoms with Gasteiger partial charge in [-0.05, 0) is 39.3 Å². The van der Waals surface area contributed by atoms with Gasteiger partial charge in [-0.25, -0.2) is 0 Å². The van der Waals surface area contributed by atoms with Crippen LogP contribution in [0, 0.1) is 5.41 Å². The number of hydrogen-bond acceptors (Lipinski definition) is 3. The van der Waals surface area contributed by atoms with Crippen molar-refractivity contribution in [2.45, 2.75) is 51.6 Å². The first kappa shape index (κ1) is 14.9. The Morgan fingerprint density at radius 1 is 1.24 bits per heavy atom. The molecule has 0 amide bonds. The van der Waals surface area contributed by atoms with E-state index in [4.69, 9.17) is 0 Å². The van der Waals surface area contributed by atoms with E-state index in [0.717, 1.165) is 19.6 Å². The Hall–Kier alpha value is -0.120. The smallest absolute Gasteiger partial charge is 0.0638 e. The minimum atomic E-state index is -0.225. The predicted octanol–water partition coefficient (Wildman–Crippen LogP) is 1.86. The molecule has 0 saturated heterocycles. The second-order valence-corrected chi connectivity index (χ2v) is 5.99. The van der Waals surface area contributed by atoms with Crippen molar-refractivity contribution in [2.75, 3.05) is 33.7 Å². The zero-order valence-electron chi connectivity index (χ0n) is 11.8. The molecule has 0 radical (unpaired) electrons. The van der Waals surface area contributed by atoms with Crippen LogP contribution in [0.3, 0.4) is 0 Å². The van der Waals surface area contributed by atoms with Gasteiger partial charge in [-0.15, -0.1) is 0 Å².